The number of rotatable bonds is 10. The van der Waals surface area contributed by atoms with Crippen molar-refractivity contribution in [2.24, 2.45) is 0 Å². The van der Waals surface area contributed by atoms with Crippen molar-refractivity contribution < 1.29 is 9.47 Å². The Hall–Kier alpha value is -8.02. The fraction of sp³-hybridized carbons (Fsp3) is 0.0182. The highest BCUT2D eigenvalue weighted by Gasteiger charge is 2.26. The first-order chi connectivity index (χ1) is 29.7. The minimum atomic E-state index is 0.791. The molecule has 288 valence electrons. The lowest BCUT2D eigenvalue weighted by molar-refractivity contribution is 0.416. The van der Waals surface area contributed by atoms with Gasteiger partial charge in [-0.05, 0) is 131 Å². The molecular weight excluding hydrogens is 735 g/mol. The summed E-state index contributed by atoms with van der Waals surface area (Å²) in [6.07, 6.45) is 0. The zero-order valence-corrected chi connectivity index (χ0v) is 33.1. The average molecular weight is 776 g/mol. The highest BCUT2D eigenvalue weighted by molar-refractivity contribution is 5.89. The minimum absolute atomic E-state index is 0.791. The molecular formula is C55H41N3O2. The minimum Gasteiger partial charge on any atom is -0.495 e. The van der Waals surface area contributed by atoms with Gasteiger partial charge in [-0.15, -0.1) is 0 Å². The highest BCUT2D eigenvalue weighted by atomic mass is 16.5. The first-order valence-corrected chi connectivity index (χ1v) is 20.1. The van der Waals surface area contributed by atoms with Crippen LogP contribution in [0.5, 0.6) is 17.2 Å². The predicted octanol–water partition coefficient (Wildman–Crippen LogP) is 15.5. The molecule has 0 aromatic heterocycles. The molecule has 0 fully saturated rings. The normalized spacial score (nSPS) is 11.5. The Morgan fingerprint density at radius 1 is 0.367 bits per heavy atom. The van der Waals surface area contributed by atoms with Crippen LogP contribution in [0.2, 0.25) is 0 Å². The topological polar surface area (TPSA) is 28.2 Å². The van der Waals surface area contributed by atoms with Crippen LogP contribution in [-0.4, -0.2) is 7.11 Å². The number of hydrogen-bond acceptors (Lipinski definition) is 5. The van der Waals surface area contributed by atoms with Crippen LogP contribution in [-0.2, 0) is 0 Å². The van der Waals surface area contributed by atoms with E-state index in [1.165, 1.54) is 0 Å². The van der Waals surface area contributed by atoms with E-state index in [0.717, 1.165) is 90.7 Å². The van der Waals surface area contributed by atoms with Gasteiger partial charge in [-0.3, -0.25) is 0 Å². The van der Waals surface area contributed by atoms with Crippen molar-refractivity contribution in [1.82, 2.24) is 0 Å². The van der Waals surface area contributed by atoms with E-state index < -0.39 is 0 Å². The number of ether oxygens (including phenoxy) is 2. The van der Waals surface area contributed by atoms with E-state index in [2.05, 4.69) is 215 Å². The fourth-order valence-electron chi connectivity index (χ4n) is 8.05. The van der Waals surface area contributed by atoms with Crippen LogP contribution in [0.25, 0.3) is 22.3 Å². The van der Waals surface area contributed by atoms with E-state index >= 15 is 0 Å². The molecule has 0 unspecified atom stereocenters. The van der Waals surface area contributed by atoms with Gasteiger partial charge in [0.25, 0.3) is 0 Å². The molecule has 0 saturated carbocycles. The average Bonchev–Trinajstić information content (AvgIpc) is 3.32. The van der Waals surface area contributed by atoms with E-state index in [1.807, 2.05) is 30.3 Å². The SMILES string of the molecule is COc1cc(-c2ccc(N(c3ccccc3)c3ccc(-c4ccc5c(c4)Oc4ccccc4N5c4ccccc4)cc3)cc2)ccc1N(c1ccccc1)c1ccccc1. The van der Waals surface area contributed by atoms with E-state index in [4.69, 9.17) is 9.47 Å². The van der Waals surface area contributed by atoms with E-state index in [1.54, 1.807) is 7.11 Å². The molecule has 0 atom stereocenters. The molecule has 1 heterocycles. The third-order valence-corrected chi connectivity index (χ3v) is 10.9. The van der Waals surface area contributed by atoms with E-state index in [-0.39, 0.29) is 0 Å². The zero-order valence-electron chi connectivity index (χ0n) is 33.1. The number of hydrogen-bond donors (Lipinski definition) is 0. The van der Waals surface area contributed by atoms with Crippen molar-refractivity contribution in [3.63, 3.8) is 0 Å². The second-order valence-corrected chi connectivity index (χ2v) is 14.6. The van der Waals surface area contributed by atoms with Gasteiger partial charge in [0, 0.05) is 34.1 Å². The Bertz CT molecular complexity index is 2830. The summed E-state index contributed by atoms with van der Waals surface area (Å²) in [6.45, 7) is 0. The molecule has 10 rings (SSSR count). The summed E-state index contributed by atoms with van der Waals surface area (Å²) in [6, 6.07) is 80.4. The first-order valence-electron chi connectivity index (χ1n) is 20.1. The molecule has 5 nitrogen and oxygen atoms in total. The smallest absolute Gasteiger partial charge is 0.152 e. The maximum absolute atomic E-state index is 6.52. The lowest BCUT2D eigenvalue weighted by atomic mass is 10.0. The Morgan fingerprint density at radius 3 is 1.37 bits per heavy atom. The van der Waals surface area contributed by atoms with Gasteiger partial charge >= 0.3 is 0 Å². The highest BCUT2D eigenvalue weighted by Crippen LogP contribution is 2.51. The lowest BCUT2D eigenvalue weighted by Gasteiger charge is -2.33. The molecule has 0 saturated heterocycles. The van der Waals surface area contributed by atoms with Crippen molar-refractivity contribution in [2.45, 2.75) is 0 Å². The van der Waals surface area contributed by atoms with Crippen LogP contribution in [0, 0.1) is 0 Å². The molecule has 0 radical (unpaired) electrons. The molecule has 0 amide bonds. The van der Waals surface area contributed by atoms with Gasteiger partial charge in [0.05, 0.1) is 24.2 Å². The van der Waals surface area contributed by atoms with E-state index in [9.17, 15) is 0 Å². The van der Waals surface area contributed by atoms with Gasteiger partial charge in [-0.25, -0.2) is 0 Å². The fourth-order valence-corrected chi connectivity index (χ4v) is 8.05. The second kappa shape index (κ2) is 16.1. The number of anilines is 9. The summed E-state index contributed by atoms with van der Waals surface area (Å²) in [5, 5.41) is 0. The van der Waals surface area contributed by atoms with Crippen LogP contribution in [0.4, 0.5) is 51.2 Å². The molecule has 0 N–H and O–H groups in total. The molecule has 1 aliphatic rings. The quantitative estimate of drug-likeness (QED) is 0.138. The maximum Gasteiger partial charge on any atom is 0.152 e. The standard InChI is InChI=1S/C55H41N3O2/c1-59-54-38-42(30-36-51(54)57(45-18-8-3-9-19-45)46-20-10-4-11-21-46)40-26-32-48(33-27-40)56(44-16-6-2-7-17-44)49-34-28-41(29-35-49)43-31-37-52-55(39-43)60-53-25-15-14-24-50(53)58(52)47-22-12-5-13-23-47/h2-39H,1H3. The molecule has 60 heavy (non-hydrogen) atoms. The summed E-state index contributed by atoms with van der Waals surface area (Å²) in [4.78, 5) is 6.78. The van der Waals surface area contributed by atoms with Crippen molar-refractivity contribution in [3.8, 4) is 39.5 Å². The van der Waals surface area contributed by atoms with Crippen LogP contribution in [0.3, 0.4) is 0 Å². The Balaban J connectivity index is 0.950. The Labute approximate surface area is 351 Å². The summed E-state index contributed by atoms with van der Waals surface area (Å²) in [5.41, 5.74) is 13.8. The number of methoxy groups -OCH3 is 1. The number of benzene rings is 9. The van der Waals surface area contributed by atoms with Crippen LogP contribution < -0.4 is 24.2 Å². The molecule has 9 aromatic carbocycles. The van der Waals surface area contributed by atoms with E-state index in [0.29, 0.717) is 0 Å². The Morgan fingerprint density at radius 2 is 0.800 bits per heavy atom. The second-order valence-electron chi connectivity index (χ2n) is 14.6. The molecule has 1 aliphatic heterocycles. The van der Waals surface area contributed by atoms with Gasteiger partial charge in [-0.1, -0.05) is 121 Å². The van der Waals surface area contributed by atoms with Gasteiger partial charge in [-0.2, -0.15) is 0 Å². The lowest BCUT2D eigenvalue weighted by Crippen LogP contribution is -2.15. The summed E-state index contributed by atoms with van der Waals surface area (Å²) < 4.78 is 12.6. The van der Waals surface area contributed by atoms with Gasteiger partial charge in [0.2, 0.25) is 0 Å². The number of fused-ring (bicyclic) bond motifs is 2. The van der Waals surface area contributed by atoms with Crippen molar-refractivity contribution in [3.05, 3.63) is 231 Å². The van der Waals surface area contributed by atoms with Crippen molar-refractivity contribution >= 4 is 51.2 Å². The summed E-state index contributed by atoms with van der Waals surface area (Å²) >= 11 is 0. The Kier molecular flexibility index (Phi) is 9.74. The molecule has 0 bridgehead atoms. The molecule has 0 spiro atoms. The largest absolute Gasteiger partial charge is 0.495 e. The van der Waals surface area contributed by atoms with Gasteiger partial charge < -0.3 is 24.2 Å². The third kappa shape index (κ3) is 6.99. The monoisotopic (exact) mass is 775 g/mol. The summed E-state index contributed by atoms with van der Waals surface area (Å²) in [5.74, 6) is 2.45. The number of nitrogens with zero attached hydrogens (tertiary/aromatic N) is 3. The van der Waals surface area contributed by atoms with Crippen molar-refractivity contribution in [2.75, 3.05) is 21.8 Å². The van der Waals surface area contributed by atoms with Gasteiger partial charge in [0.1, 0.15) is 5.75 Å². The summed E-state index contributed by atoms with van der Waals surface area (Å²) in [7, 11) is 1.74. The van der Waals surface area contributed by atoms with Crippen LogP contribution in [0.15, 0.2) is 231 Å². The maximum atomic E-state index is 6.52. The number of para-hydroxylation sites is 6. The first kappa shape index (κ1) is 36.3. The molecule has 5 heteroatoms. The van der Waals surface area contributed by atoms with Gasteiger partial charge in [0.15, 0.2) is 11.5 Å². The third-order valence-electron chi connectivity index (χ3n) is 10.9. The van der Waals surface area contributed by atoms with Crippen LogP contribution in [0.1, 0.15) is 0 Å². The molecule has 0 aliphatic carbocycles. The zero-order chi connectivity index (χ0) is 40.3. The van der Waals surface area contributed by atoms with Crippen LogP contribution >= 0.6 is 0 Å². The predicted molar refractivity (Wildman–Crippen MR) is 248 cm³/mol. The van der Waals surface area contributed by atoms with Crippen molar-refractivity contribution in [1.29, 1.82) is 0 Å². The molecule has 9 aromatic rings.